The van der Waals surface area contributed by atoms with Crippen LogP contribution in [-0.4, -0.2) is 4.77 Å². The molecule has 0 N–H and O–H groups in total. The molecule has 0 aliphatic carbocycles. The van der Waals surface area contributed by atoms with Crippen LogP contribution in [0, 0.1) is 6.92 Å². The Hall–Kier alpha value is -0.280. The number of rotatable bonds is 0. The lowest BCUT2D eigenvalue weighted by molar-refractivity contribution is 0.372. The monoisotopic (exact) mass is 184 g/mol. The highest BCUT2D eigenvalue weighted by Gasteiger charge is 2.19. The molecule has 3 heteroatoms. The van der Waals surface area contributed by atoms with Gasteiger partial charge in [0.15, 0.2) is 4.77 Å². The first-order valence-electron chi connectivity index (χ1n) is 3.38. The summed E-state index contributed by atoms with van der Waals surface area (Å²) in [4.78, 5) is 1.19. The molecule has 1 nitrogen and oxygen atoms in total. The normalized spacial score (nSPS) is 21.1. The topological polar surface area (TPSA) is 9.23 Å². The minimum absolute atomic E-state index is 0.0215. The van der Waals surface area contributed by atoms with Gasteiger partial charge < -0.3 is 4.74 Å². The number of fused-ring (bicyclic) bond motifs is 1. The summed E-state index contributed by atoms with van der Waals surface area (Å²) >= 11 is 5.85. The van der Waals surface area contributed by atoms with Crippen LogP contribution < -0.4 is 4.74 Å². The Morgan fingerprint density at radius 2 is 2.36 bits per heavy atom. The smallest absolute Gasteiger partial charge is 0.192 e. The Balaban J connectivity index is 2.43. The Labute approximate surface area is 75.5 Å². The van der Waals surface area contributed by atoms with Crippen LogP contribution in [0.1, 0.15) is 5.56 Å². The lowest BCUT2D eigenvalue weighted by Crippen LogP contribution is -1.94. The molecule has 1 aliphatic rings. The molecule has 0 fully saturated rings. The van der Waals surface area contributed by atoms with E-state index in [9.17, 15) is 0 Å². The minimum atomic E-state index is -0.0215. The van der Waals surface area contributed by atoms with E-state index in [1.807, 2.05) is 6.07 Å². The number of ether oxygens (including phenoxy) is 1. The summed E-state index contributed by atoms with van der Waals surface area (Å²) in [5, 5.41) is 0. The number of thiol groups is 1. The van der Waals surface area contributed by atoms with Crippen LogP contribution in [-0.2, 0) is 0 Å². The maximum absolute atomic E-state index is 5.41. The van der Waals surface area contributed by atoms with Crippen molar-refractivity contribution in [1.29, 1.82) is 0 Å². The van der Waals surface area contributed by atoms with E-state index in [0.29, 0.717) is 0 Å². The summed E-state index contributed by atoms with van der Waals surface area (Å²) < 4.78 is 5.39. The van der Waals surface area contributed by atoms with E-state index in [1.165, 1.54) is 10.5 Å². The van der Waals surface area contributed by atoms with Gasteiger partial charge in [-0.15, -0.1) is 12.6 Å². The van der Waals surface area contributed by atoms with Crippen molar-refractivity contribution < 1.29 is 4.74 Å². The summed E-state index contributed by atoms with van der Waals surface area (Å²) in [6.45, 7) is 2.06. The molecule has 0 spiro atoms. The molecule has 0 saturated heterocycles. The van der Waals surface area contributed by atoms with Gasteiger partial charge in [-0.1, -0.05) is 17.8 Å². The third-order valence-corrected chi connectivity index (χ3v) is 2.87. The van der Waals surface area contributed by atoms with Gasteiger partial charge >= 0.3 is 0 Å². The SMILES string of the molecule is Cc1ccc2c(c1)OC(S)S2. The molecule has 0 bridgehead atoms. The Morgan fingerprint density at radius 1 is 1.55 bits per heavy atom. The molecular formula is C8H8OS2. The van der Waals surface area contributed by atoms with Crippen LogP contribution in [0.2, 0.25) is 0 Å². The van der Waals surface area contributed by atoms with Crippen LogP contribution in [0.15, 0.2) is 23.1 Å². The molecule has 0 radical (unpaired) electrons. The van der Waals surface area contributed by atoms with Crippen molar-refractivity contribution in [3.05, 3.63) is 23.8 Å². The lowest BCUT2D eigenvalue weighted by atomic mass is 10.2. The summed E-state index contributed by atoms with van der Waals surface area (Å²) in [5.41, 5.74) is 1.23. The summed E-state index contributed by atoms with van der Waals surface area (Å²) in [5.74, 6) is 0.968. The molecule has 1 heterocycles. The average Bonchev–Trinajstić information content (AvgIpc) is 2.27. The Morgan fingerprint density at radius 3 is 3.18 bits per heavy atom. The first kappa shape index (κ1) is 7.37. The molecule has 1 aromatic rings. The van der Waals surface area contributed by atoms with Crippen LogP contribution in [0.5, 0.6) is 5.75 Å². The van der Waals surface area contributed by atoms with Gasteiger partial charge in [0.1, 0.15) is 5.75 Å². The van der Waals surface area contributed by atoms with Crippen LogP contribution in [0.3, 0.4) is 0 Å². The maximum Gasteiger partial charge on any atom is 0.192 e. The van der Waals surface area contributed by atoms with E-state index in [0.717, 1.165) is 5.75 Å². The highest BCUT2D eigenvalue weighted by molar-refractivity contribution is 8.10. The van der Waals surface area contributed by atoms with Gasteiger partial charge in [0.2, 0.25) is 0 Å². The van der Waals surface area contributed by atoms with Crippen molar-refractivity contribution in [2.45, 2.75) is 16.6 Å². The zero-order chi connectivity index (χ0) is 7.84. The van der Waals surface area contributed by atoms with E-state index in [1.54, 1.807) is 11.8 Å². The number of aryl methyl sites for hydroxylation is 1. The molecule has 1 atom stereocenters. The molecule has 11 heavy (non-hydrogen) atoms. The second kappa shape index (κ2) is 2.64. The van der Waals surface area contributed by atoms with Crippen LogP contribution in [0.4, 0.5) is 0 Å². The maximum atomic E-state index is 5.41. The minimum Gasteiger partial charge on any atom is -0.468 e. The summed E-state index contributed by atoms with van der Waals surface area (Å²) in [6, 6.07) is 6.20. The predicted octanol–water partition coefficient (Wildman–Crippen LogP) is 2.69. The molecule has 0 aromatic heterocycles. The van der Waals surface area contributed by atoms with Gasteiger partial charge in [-0.3, -0.25) is 0 Å². The second-order valence-electron chi connectivity index (χ2n) is 2.49. The fourth-order valence-electron chi connectivity index (χ4n) is 1.05. The molecule has 1 unspecified atom stereocenters. The molecule has 1 aromatic carbocycles. The van der Waals surface area contributed by atoms with E-state index in [2.05, 4.69) is 31.7 Å². The van der Waals surface area contributed by atoms with Gasteiger partial charge in [-0.25, -0.2) is 0 Å². The van der Waals surface area contributed by atoms with Crippen molar-refractivity contribution >= 4 is 24.4 Å². The Kier molecular flexibility index (Phi) is 1.77. The van der Waals surface area contributed by atoms with Crippen molar-refractivity contribution in [3.63, 3.8) is 0 Å². The van der Waals surface area contributed by atoms with E-state index < -0.39 is 0 Å². The number of benzene rings is 1. The van der Waals surface area contributed by atoms with Gasteiger partial charge in [-0.05, 0) is 24.6 Å². The van der Waals surface area contributed by atoms with Crippen molar-refractivity contribution in [3.8, 4) is 5.75 Å². The van der Waals surface area contributed by atoms with Gasteiger partial charge in [-0.2, -0.15) is 0 Å². The third-order valence-electron chi connectivity index (χ3n) is 1.55. The summed E-state index contributed by atoms with van der Waals surface area (Å²) in [6.07, 6.45) is 0. The standard InChI is InChI=1S/C8H8OS2/c1-5-2-3-7-6(4-5)9-8(10)11-7/h2-4,8,10H,1H3. The molecular weight excluding hydrogens is 176 g/mol. The molecule has 0 saturated carbocycles. The molecule has 2 rings (SSSR count). The third kappa shape index (κ3) is 1.35. The van der Waals surface area contributed by atoms with Crippen LogP contribution >= 0.6 is 24.4 Å². The van der Waals surface area contributed by atoms with Gasteiger partial charge in [0.25, 0.3) is 0 Å². The largest absolute Gasteiger partial charge is 0.468 e. The highest BCUT2D eigenvalue weighted by Crippen LogP contribution is 2.42. The zero-order valence-corrected chi connectivity index (χ0v) is 7.78. The molecule has 1 aliphatic heterocycles. The van der Waals surface area contributed by atoms with E-state index in [4.69, 9.17) is 4.74 Å². The number of hydrogen-bond acceptors (Lipinski definition) is 3. The fraction of sp³-hybridized carbons (Fsp3) is 0.250. The fourth-order valence-corrected chi connectivity index (χ4v) is 2.24. The molecule has 0 amide bonds. The lowest BCUT2D eigenvalue weighted by Gasteiger charge is -1.99. The summed E-state index contributed by atoms with van der Waals surface area (Å²) in [7, 11) is 0. The first-order valence-corrected chi connectivity index (χ1v) is 4.77. The van der Waals surface area contributed by atoms with E-state index >= 15 is 0 Å². The average molecular weight is 184 g/mol. The van der Waals surface area contributed by atoms with Crippen LogP contribution in [0.25, 0.3) is 0 Å². The van der Waals surface area contributed by atoms with Crippen molar-refractivity contribution in [1.82, 2.24) is 0 Å². The van der Waals surface area contributed by atoms with Gasteiger partial charge in [0, 0.05) is 0 Å². The van der Waals surface area contributed by atoms with Gasteiger partial charge in [0.05, 0.1) is 4.90 Å². The quantitative estimate of drug-likeness (QED) is 0.621. The zero-order valence-electron chi connectivity index (χ0n) is 6.07. The van der Waals surface area contributed by atoms with E-state index in [-0.39, 0.29) is 4.77 Å². The second-order valence-corrected chi connectivity index (χ2v) is 4.42. The number of thioether (sulfide) groups is 1. The molecule has 58 valence electrons. The predicted molar refractivity (Wildman–Crippen MR) is 50.4 cm³/mol. The first-order chi connectivity index (χ1) is 5.25. The van der Waals surface area contributed by atoms with Crippen molar-refractivity contribution in [2.24, 2.45) is 0 Å². The number of hydrogen-bond donors (Lipinski definition) is 1. The Bertz CT molecular complexity index is 285. The van der Waals surface area contributed by atoms with Crippen molar-refractivity contribution in [2.75, 3.05) is 0 Å². The highest BCUT2D eigenvalue weighted by atomic mass is 32.2.